The van der Waals surface area contributed by atoms with Gasteiger partial charge in [0, 0.05) is 25.0 Å². The Bertz CT molecular complexity index is 424. The number of nitrogens with one attached hydrogen (secondary N) is 1. The number of hydrogen-bond donors (Lipinski definition) is 2. The molecule has 0 saturated heterocycles. The summed E-state index contributed by atoms with van der Waals surface area (Å²) >= 11 is 4.21. The van der Waals surface area contributed by atoms with Crippen molar-refractivity contribution in [2.75, 3.05) is 24.2 Å². The van der Waals surface area contributed by atoms with E-state index in [0.29, 0.717) is 0 Å². The molecule has 0 aliphatic carbocycles. The van der Waals surface area contributed by atoms with Gasteiger partial charge in [-0.05, 0) is 18.2 Å². The van der Waals surface area contributed by atoms with Crippen LogP contribution in [0.1, 0.15) is 0 Å². The molecule has 2 rings (SSSR count). The number of fused-ring (bicyclic) bond motifs is 1. The molecule has 1 aromatic heterocycles. The third kappa shape index (κ3) is 1.70. The number of hydrogen-bond acceptors (Lipinski definition) is 3. The lowest BCUT2D eigenvalue weighted by atomic mass is 10.2. The van der Waals surface area contributed by atoms with Crippen LogP contribution in [-0.2, 0) is 0 Å². The van der Waals surface area contributed by atoms with E-state index in [9.17, 15) is 0 Å². The van der Waals surface area contributed by atoms with Crippen LogP contribution in [-0.4, -0.2) is 29.3 Å². The highest BCUT2D eigenvalue weighted by atomic mass is 32.1. The number of anilines is 1. The second kappa shape index (κ2) is 3.92. The van der Waals surface area contributed by atoms with Gasteiger partial charge in [-0.1, -0.05) is 0 Å². The average molecular weight is 207 g/mol. The molecule has 3 nitrogen and oxygen atoms in total. The van der Waals surface area contributed by atoms with Crippen LogP contribution in [0.5, 0.6) is 0 Å². The number of thiol groups is 1. The van der Waals surface area contributed by atoms with Gasteiger partial charge < -0.3 is 9.88 Å². The van der Waals surface area contributed by atoms with E-state index in [2.05, 4.69) is 46.7 Å². The van der Waals surface area contributed by atoms with Crippen molar-refractivity contribution in [3.05, 3.63) is 24.5 Å². The van der Waals surface area contributed by atoms with Crippen molar-refractivity contribution in [3.63, 3.8) is 0 Å². The van der Waals surface area contributed by atoms with E-state index in [1.54, 1.807) is 6.33 Å². The number of benzene rings is 1. The second-order valence-electron chi connectivity index (χ2n) is 3.25. The van der Waals surface area contributed by atoms with Crippen LogP contribution in [0, 0.1) is 0 Å². The summed E-state index contributed by atoms with van der Waals surface area (Å²) in [6, 6.07) is 6.20. The molecule has 0 amide bonds. The van der Waals surface area contributed by atoms with E-state index in [1.807, 2.05) is 6.07 Å². The van der Waals surface area contributed by atoms with Crippen LogP contribution in [0.2, 0.25) is 0 Å². The molecule has 1 aromatic carbocycles. The predicted molar refractivity (Wildman–Crippen MR) is 63.2 cm³/mol. The summed E-state index contributed by atoms with van der Waals surface area (Å²) in [6.07, 6.45) is 1.72. The molecule has 0 spiro atoms. The van der Waals surface area contributed by atoms with Gasteiger partial charge in [-0.15, -0.1) is 0 Å². The minimum absolute atomic E-state index is 0.859. The first kappa shape index (κ1) is 9.40. The molecule has 0 radical (unpaired) electrons. The molecule has 14 heavy (non-hydrogen) atoms. The lowest BCUT2D eigenvalue weighted by Gasteiger charge is -2.17. The highest BCUT2D eigenvalue weighted by Gasteiger charge is 2.01. The van der Waals surface area contributed by atoms with Crippen molar-refractivity contribution < 1.29 is 0 Å². The molecular formula is C10H13N3S. The summed E-state index contributed by atoms with van der Waals surface area (Å²) in [5, 5.41) is 0. The van der Waals surface area contributed by atoms with Gasteiger partial charge in [-0.25, -0.2) is 4.98 Å². The zero-order valence-corrected chi connectivity index (χ0v) is 8.96. The molecule has 0 saturated carbocycles. The van der Waals surface area contributed by atoms with Crippen molar-refractivity contribution in [2.24, 2.45) is 0 Å². The van der Waals surface area contributed by atoms with Gasteiger partial charge in [0.2, 0.25) is 0 Å². The largest absolute Gasteiger partial charge is 0.374 e. The van der Waals surface area contributed by atoms with Crippen LogP contribution in [0.25, 0.3) is 11.0 Å². The maximum absolute atomic E-state index is 4.21. The van der Waals surface area contributed by atoms with Gasteiger partial charge >= 0.3 is 0 Å². The molecule has 0 bridgehead atoms. The SMILES string of the molecule is CN(CCS)c1ccc2nc[nH]c2c1. The van der Waals surface area contributed by atoms with Crippen molar-refractivity contribution in [2.45, 2.75) is 0 Å². The standard InChI is InChI=1S/C10H13N3S/c1-13(4-5-14)8-2-3-9-10(6-8)12-7-11-9/h2-3,6-7,14H,4-5H2,1H3,(H,11,12). The van der Waals surface area contributed by atoms with Gasteiger partial charge in [0.05, 0.1) is 17.4 Å². The van der Waals surface area contributed by atoms with Gasteiger partial charge in [0.25, 0.3) is 0 Å². The van der Waals surface area contributed by atoms with E-state index in [-0.39, 0.29) is 0 Å². The zero-order valence-electron chi connectivity index (χ0n) is 8.07. The van der Waals surface area contributed by atoms with E-state index in [1.165, 1.54) is 5.69 Å². The van der Waals surface area contributed by atoms with Crippen molar-refractivity contribution >= 4 is 29.3 Å². The monoisotopic (exact) mass is 207 g/mol. The first-order valence-electron chi connectivity index (χ1n) is 4.56. The fraction of sp³-hybridized carbons (Fsp3) is 0.300. The zero-order chi connectivity index (χ0) is 9.97. The lowest BCUT2D eigenvalue weighted by molar-refractivity contribution is 0.981. The Morgan fingerprint density at radius 2 is 2.36 bits per heavy atom. The number of H-pyrrole nitrogens is 1. The molecule has 1 heterocycles. The number of rotatable bonds is 3. The van der Waals surface area contributed by atoms with Crippen molar-refractivity contribution in [3.8, 4) is 0 Å². The lowest BCUT2D eigenvalue weighted by Crippen LogP contribution is -2.19. The third-order valence-electron chi connectivity index (χ3n) is 2.28. The molecule has 0 unspecified atom stereocenters. The van der Waals surface area contributed by atoms with Crippen LogP contribution >= 0.6 is 12.6 Å². The minimum atomic E-state index is 0.859. The van der Waals surface area contributed by atoms with Crippen LogP contribution in [0.4, 0.5) is 5.69 Å². The number of nitrogens with zero attached hydrogens (tertiary/aromatic N) is 2. The average Bonchev–Trinajstić information content (AvgIpc) is 2.64. The molecule has 0 fully saturated rings. The van der Waals surface area contributed by atoms with Gasteiger partial charge in [-0.3, -0.25) is 0 Å². The van der Waals surface area contributed by atoms with Gasteiger partial charge in [0.1, 0.15) is 0 Å². The van der Waals surface area contributed by atoms with E-state index < -0.39 is 0 Å². The number of imidazole rings is 1. The quantitative estimate of drug-likeness (QED) is 0.754. The molecular weight excluding hydrogens is 194 g/mol. The normalized spacial score (nSPS) is 10.7. The first-order valence-corrected chi connectivity index (χ1v) is 5.19. The Labute approximate surface area is 88.6 Å². The maximum atomic E-state index is 4.21. The molecule has 0 aliphatic heterocycles. The molecule has 74 valence electrons. The van der Waals surface area contributed by atoms with Gasteiger partial charge in [0.15, 0.2) is 0 Å². The van der Waals surface area contributed by atoms with E-state index in [0.717, 1.165) is 23.3 Å². The highest BCUT2D eigenvalue weighted by molar-refractivity contribution is 7.80. The topological polar surface area (TPSA) is 31.9 Å². The first-order chi connectivity index (χ1) is 6.81. The van der Waals surface area contributed by atoms with Crippen LogP contribution in [0.15, 0.2) is 24.5 Å². The predicted octanol–water partition coefficient (Wildman–Crippen LogP) is 1.93. The molecule has 0 aliphatic rings. The molecule has 0 atom stereocenters. The molecule has 1 N–H and O–H groups in total. The third-order valence-corrected chi connectivity index (χ3v) is 2.48. The Morgan fingerprint density at radius 3 is 3.14 bits per heavy atom. The summed E-state index contributed by atoms with van der Waals surface area (Å²) in [6.45, 7) is 0.947. The van der Waals surface area contributed by atoms with Crippen molar-refractivity contribution in [1.82, 2.24) is 9.97 Å². The van der Waals surface area contributed by atoms with Gasteiger partial charge in [-0.2, -0.15) is 12.6 Å². The summed E-state index contributed by atoms with van der Waals surface area (Å²) in [5.41, 5.74) is 3.28. The summed E-state index contributed by atoms with van der Waals surface area (Å²) in [5.74, 6) is 0.859. The van der Waals surface area contributed by atoms with Crippen molar-refractivity contribution in [1.29, 1.82) is 0 Å². The Kier molecular flexibility index (Phi) is 2.63. The summed E-state index contributed by atoms with van der Waals surface area (Å²) < 4.78 is 0. The minimum Gasteiger partial charge on any atom is -0.374 e. The van der Waals surface area contributed by atoms with E-state index in [4.69, 9.17) is 0 Å². The fourth-order valence-corrected chi connectivity index (χ4v) is 1.74. The number of aromatic nitrogens is 2. The fourth-order valence-electron chi connectivity index (χ4n) is 1.44. The van der Waals surface area contributed by atoms with Crippen LogP contribution < -0.4 is 4.90 Å². The Hall–Kier alpha value is -1.16. The smallest absolute Gasteiger partial charge is 0.0931 e. The Balaban J connectivity index is 2.33. The molecule has 4 heteroatoms. The van der Waals surface area contributed by atoms with Crippen LogP contribution in [0.3, 0.4) is 0 Å². The van der Waals surface area contributed by atoms with E-state index >= 15 is 0 Å². The Morgan fingerprint density at radius 1 is 1.50 bits per heavy atom. The highest BCUT2D eigenvalue weighted by Crippen LogP contribution is 2.18. The second-order valence-corrected chi connectivity index (χ2v) is 3.70. The number of aromatic amines is 1. The maximum Gasteiger partial charge on any atom is 0.0931 e. The summed E-state index contributed by atoms with van der Waals surface area (Å²) in [7, 11) is 2.06. The molecule has 2 aromatic rings. The summed E-state index contributed by atoms with van der Waals surface area (Å²) in [4.78, 5) is 9.45.